The van der Waals surface area contributed by atoms with E-state index in [-0.39, 0.29) is 11.7 Å². The van der Waals surface area contributed by atoms with E-state index in [0.29, 0.717) is 17.3 Å². The van der Waals surface area contributed by atoms with Crippen molar-refractivity contribution >= 4 is 17.2 Å². The number of benzene rings is 1. The summed E-state index contributed by atoms with van der Waals surface area (Å²) in [7, 11) is 1.72. The second kappa shape index (κ2) is 6.42. The molecule has 0 spiro atoms. The third-order valence-electron chi connectivity index (χ3n) is 4.26. The van der Waals surface area contributed by atoms with E-state index in [1.54, 1.807) is 24.1 Å². The Morgan fingerprint density at radius 3 is 2.65 bits per heavy atom. The van der Waals surface area contributed by atoms with Gasteiger partial charge in [0.1, 0.15) is 5.82 Å². The molecule has 1 heterocycles. The minimum absolute atomic E-state index is 0.0776. The van der Waals surface area contributed by atoms with Crippen LogP contribution in [0.3, 0.4) is 0 Å². The van der Waals surface area contributed by atoms with Crippen molar-refractivity contribution in [2.75, 3.05) is 13.6 Å². The summed E-state index contributed by atoms with van der Waals surface area (Å²) >= 11 is 1.43. The molecule has 1 aromatic carbocycles. The molecule has 1 fully saturated rings. The Morgan fingerprint density at radius 2 is 2.04 bits per heavy atom. The standard InChI is InChI=1S/C18H20FNO2S/c1-11-15(12-5-7-14(19)8-6-12)9-17(23-11)18(22)20(2)10-16(21)13-3-4-13/h5-9,13,16,21H,3-4,10H2,1-2H3. The van der Waals surface area contributed by atoms with Crippen LogP contribution >= 0.6 is 11.3 Å². The fourth-order valence-electron chi connectivity index (χ4n) is 2.69. The zero-order valence-electron chi connectivity index (χ0n) is 13.3. The minimum atomic E-state index is -0.429. The number of likely N-dealkylation sites (N-methyl/N-ethyl adjacent to an activating group) is 1. The molecule has 3 rings (SSSR count). The van der Waals surface area contributed by atoms with Crippen LogP contribution in [0.1, 0.15) is 27.4 Å². The van der Waals surface area contributed by atoms with Crippen LogP contribution < -0.4 is 0 Å². The molecule has 1 atom stereocenters. The zero-order valence-corrected chi connectivity index (χ0v) is 14.1. The highest BCUT2D eigenvalue weighted by atomic mass is 32.1. The van der Waals surface area contributed by atoms with Gasteiger partial charge in [-0.15, -0.1) is 11.3 Å². The first-order chi connectivity index (χ1) is 11.0. The molecule has 0 radical (unpaired) electrons. The van der Waals surface area contributed by atoms with Crippen molar-refractivity contribution < 1.29 is 14.3 Å². The monoisotopic (exact) mass is 333 g/mol. The van der Waals surface area contributed by atoms with Crippen molar-refractivity contribution in [3.8, 4) is 11.1 Å². The number of hydrogen-bond donors (Lipinski definition) is 1. The summed E-state index contributed by atoms with van der Waals surface area (Å²) in [4.78, 5) is 15.8. The fraction of sp³-hybridized carbons (Fsp3) is 0.389. The molecular formula is C18H20FNO2S. The third kappa shape index (κ3) is 3.62. The Labute approximate surface area is 139 Å². The fourth-order valence-corrected chi connectivity index (χ4v) is 3.72. The first-order valence-corrected chi connectivity index (χ1v) is 8.57. The number of thiophene rings is 1. The topological polar surface area (TPSA) is 40.5 Å². The van der Waals surface area contributed by atoms with E-state index in [9.17, 15) is 14.3 Å². The highest BCUT2D eigenvalue weighted by molar-refractivity contribution is 7.14. The van der Waals surface area contributed by atoms with Gasteiger partial charge >= 0.3 is 0 Å². The van der Waals surface area contributed by atoms with E-state index >= 15 is 0 Å². The Balaban J connectivity index is 1.76. The van der Waals surface area contributed by atoms with Gasteiger partial charge in [0.2, 0.25) is 0 Å². The van der Waals surface area contributed by atoms with Crippen LogP contribution in [-0.2, 0) is 0 Å². The number of hydrogen-bond acceptors (Lipinski definition) is 3. The molecule has 0 bridgehead atoms. The van der Waals surface area contributed by atoms with E-state index in [2.05, 4.69) is 0 Å². The highest BCUT2D eigenvalue weighted by Crippen LogP contribution is 2.34. The molecule has 0 saturated heterocycles. The summed E-state index contributed by atoms with van der Waals surface area (Å²) in [6.07, 6.45) is 1.67. The normalized spacial score (nSPS) is 15.5. The van der Waals surface area contributed by atoms with Crippen molar-refractivity contribution in [1.29, 1.82) is 0 Å². The molecule has 122 valence electrons. The summed E-state index contributed by atoms with van der Waals surface area (Å²) in [5.74, 6) is 0.00277. The summed E-state index contributed by atoms with van der Waals surface area (Å²) in [6, 6.07) is 8.14. The Hall–Kier alpha value is -1.72. The first kappa shape index (κ1) is 16.1. The van der Waals surface area contributed by atoms with Gasteiger partial charge in [-0.3, -0.25) is 4.79 Å². The number of aliphatic hydroxyl groups is 1. The van der Waals surface area contributed by atoms with Gasteiger partial charge in [-0.25, -0.2) is 4.39 Å². The number of carbonyl (C=O) groups excluding carboxylic acids is 1. The molecule has 1 aliphatic rings. The average Bonchev–Trinajstić information content (AvgIpc) is 3.30. The molecule has 2 aromatic rings. The van der Waals surface area contributed by atoms with E-state index in [0.717, 1.165) is 28.8 Å². The lowest BCUT2D eigenvalue weighted by Crippen LogP contribution is -2.34. The predicted octanol–water partition coefficient (Wildman–Crippen LogP) is 3.71. The van der Waals surface area contributed by atoms with E-state index in [1.807, 2.05) is 13.0 Å². The zero-order chi connectivity index (χ0) is 16.6. The van der Waals surface area contributed by atoms with Crippen molar-refractivity contribution in [2.24, 2.45) is 5.92 Å². The number of carbonyl (C=O) groups is 1. The van der Waals surface area contributed by atoms with Gasteiger partial charge in [-0.2, -0.15) is 0 Å². The van der Waals surface area contributed by atoms with E-state index < -0.39 is 6.10 Å². The average molecular weight is 333 g/mol. The van der Waals surface area contributed by atoms with Gasteiger partial charge in [-0.05, 0) is 55.0 Å². The largest absolute Gasteiger partial charge is 0.391 e. The predicted molar refractivity (Wildman–Crippen MR) is 90.1 cm³/mol. The maximum atomic E-state index is 13.1. The van der Waals surface area contributed by atoms with E-state index in [1.165, 1.54) is 23.5 Å². The number of halogens is 1. The number of aryl methyl sites for hydroxylation is 1. The lowest BCUT2D eigenvalue weighted by molar-refractivity contribution is 0.0649. The van der Waals surface area contributed by atoms with E-state index in [4.69, 9.17) is 0 Å². The quantitative estimate of drug-likeness (QED) is 0.906. The highest BCUT2D eigenvalue weighted by Gasteiger charge is 2.31. The minimum Gasteiger partial charge on any atom is -0.391 e. The van der Waals surface area contributed by atoms with Gasteiger partial charge in [-0.1, -0.05) is 12.1 Å². The van der Waals surface area contributed by atoms with Crippen LogP contribution in [-0.4, -0.2) is 35.6 Å². The van der Waals surface area contributed by atoms with Crippen LogP contribution in [0.5, 0.6) is 0 Å². The van der Waals surface area contributed by atoms with Crippen LogP contribution in [0.4, 0.5) is 4.39 Å². The Kier molecular flexibility index (Phi) is 4.50. The van der Waals surface area contributed by atoms with Crippen LogP contribution in [0.25, 0.3) is 11.1 Å². The maximum absolute atomic E-state index is 13.1. The molecule has 1 aliphatic carbocycles. The van der Waals surface area contributed by atoms with Crippen molar-refractivity contribution in [1.82, 2.24) is 4.90 Å². The van der Waals surface area contributed by atoms with Crippen LogP contribution in [0.15, 0.2) is 30.3 Å². The molecular weight excluding hydrogens is 313 g/mol. The molecule has 1 saturated carbocycles. The van der Waals surface area contributed by atoms with Gasteiger partial charge < -0.3 is 10.0 Å². The number of nitrogens with zero attached hydrogens (tertiary/aromatic N) is 1. The molecule has 1 N–H and O–H groups in total. The molecule has 1 amide bonds. The van der Waals surface area contributed by atoms with Crippen LogP contribution in [0.2, 0.25) is 0 Å². The molecule has 0 aliphatic heterocycles. The molecule has 5 heteroatoms. The SMILES string of the molecule is Cc1sc(C(=O)N(C)CC(O)C2CC2)cc1-c1ccc(F)cc1. The molecule has 1 unspecified atom stereocenters. The second-order valence-electron chi connectivity index (χ2n) is 6.18. The molecule has 23 heavy (non-hydrogen) atoms. The smallest absolute Gasteiger partial charge is 0.263 e. The van der Waals surface area contributed by atoms with Crippen molar-refractivity contribution in [3.63, 3.8) is 0 Å². The second-order valence-corrected chi connectivity index (χ2v) is 7.43. The Morgan fingerprint density at radius 1 is 1.39 bits per heavy atom. The number of aliphatic hydroxyl groups excluding tert-OH is 1. The summed E-state index contributed by atoms with van der Waals surface area (Å²) < 4.78 is 13.1. The molecule has 3 nitrogen and oxygen atoms in total. The molecule has 1 aromatic heterocycles. The summed E-state index contributed by atoms with van der Waals surface area (Å²) in [5.41, 5.74) is 1.86. The van der Waals surface area contributed by atoms with Gasteiger partial charge in [0.25, 0.3) is 5.91 Å². The van der Waals surface area contributed by atoms with Crippen LogP contribution in [0, 0.1) is 18.7 Å². The van der Waals surface area contributed by atoms with Crippen molar-refractivity contribution in [3.05, 3.63) is 45.9 Å². The lowest BCUT2D eigenvalue weighted by Gasteiger charge is -2.20. The Bertz CT molecular complexity index is 706. The maximum Gasteiger partial charge on any atom is 0.263 e. The third-order valence-corrected chi connectivity index (χ3v) is 5.30. The number of amides is 1. The number of rotatable bonds is 5. The van der Waals surface area contributed by atoms with Crippen molar-refractivity contribution in [2.45, 2.75) is 25.9 Å². The lowest BCUT2D eigenvalue weighted by atomic mass is 10.1. The summed E-state index contributed by atoms with van der Waals surface area (Å²) in [6.45, 7) is 2.32. The van der Waals surface area contributed by atoms with Gasteiger partial charge in [0, 0.05) is 18.5 Å². The van der Waals surface area contributed by atoms with Gasteiger partial charge in [0.05, 0.1) is 11.0 Å². The van der Waals surface area contributed by atoms with Gasteiger partial charge in [0.15, 0.2) is 0 Å². The summed E-state index contributed by atoms with van der Waals surface area (Å²) in [5, 5.41) is 9.99. The first-order valence-electron chi connectivity index (χ1n) is 7.75.